The van der Waals surface area contributed by atoms with Crippen LogP contribution in [0.25, 0.3) is 0 Å². The van der Waals surface area contributed by atoms with Crippen LogP contribution in [0.2, 0.25) is 0 Å². The Bertz CT molecular complexity index is 324. The molecule has 6 heteroatoms. The standard InChI is InChI=1S/C11H25N3O2S/c1-3-13-17(15,16)14(4-2)11(10-12)8-6-5-7-9-11/h13H,3-10,12H2,1-2H3. The quantitative estimate of drug-likeness (QED) is 0.745. The summed E-state index contributed by atoms with van der Waals surface area (Å²) in [5.74, 6) is 0. The zero-order valence-corrected chi connectivity index (χ0v) is 11.7. The normalized spacial score (nSPS) is 20.7. The van der Waals surface area contributed by atoms with Crippen molar-refractivity contribution < 1.29 is 8.42 Å². The van der Waals surface area contributed by atoms with E-state index < -0.39 is 10.2 Å². The lowest BCUT2D eigenvalue weighted by atomic mass is 9.81. The highest BCUT2D eigenvalue weighted by molar-refractivity contribution is 7.87. The second-order valence-electron chi connectivity index (χ2n) is 4.66. The second-order valence-corrected chi connectivity index (χ2v) is 6.34. The van der Waals surface area contributed by atoms with Crippen LogP contribution < -0.4 is 10.5 Å². The predicted octanol–water partition coefficient (Wildman–Crippen LogP) is 0.824. The lowest BCUT2D eigenvalue weighted by Crippen LogP contribution is -2.59. The fourth-order valence-corrected chi connectivity index (χ4v) is 4.41. The van der Waals surface area contributed by atoms with Crippen molar-refractivity contribution in [2.24, 2.45) is 5.73 Å². The highest BCUT2D eigenvalue weighted by Crippen LogP contribution is 2.34. The maximum absolute atomic E-state index is 12.2. The van der Waals surface area contributed by atoms with Crippen LogP contribution in [0, 0.1) is 0 Å². The average Bonchev–Trinajstić information content (AvgIpc) is 2.30. The van der Waals surface area contributed by atoms with Gasteiger partial charge in [-0.25, -0.2) is 4.72 Å². The number of hydrogen-bond acceptors (Lipinski definition) is 3. The molecule has 0 amide bonds. The molecule has 0 aromatic carbocycles. The molecule has 0 unspecified atom stereocenters. The van der Waals surface area contributed by atoms with Crippen LogP contribution in [0.4, 0.5) is 0 Å². The van der Waals surface area contributed by atoms with E-state index in [4.69, 9.17) is 5.73 Å². The van der Waals surface area contributed by atoms with Crippen LogP contribution >= 0.6 is 0 Å². The van der Waals surface area contributed by atoms with Gasteiger partial charge in [-0.2, -0.15) is 12.7 Å². The van der Waals surface area contributed by atoms with Gasteiger partial charge in [0, 0.05) is 25.2 Å². The van der Waals surface area contributed by atoms with Gasteiger partial charge in [-0.3, -0.25) is 0 Å². The van der Waals surface area contributed by atoms with E-state index in [0.29, 0.717) is 19.6 Å². The molecule has 102 valence electrons. The highest BCUT2D eigenvalue weighted by Gasteiger charge is 2.41. The highest BCUT2D eigenvalue weighted by atomic mass is 32.2. The van der Waals surface area contributed by atoms with E-state index >= 15 is 0 Å². The summed E-state index contributed by atoms with van der Waals surface area (Å²) in [4.78, 5) is 0. The molecule has 1 fully saturated rings. The zero-order chi connectivity index (χ0) is 12.9. The number of nitrogens with zero attached hydrogens (tertiary/aromatic N) is 1. The van der Waals surface area contributed by atoms with Crippen molar-refractivity contribution in [1.82, 2.24) is 9.03 Å². The maximum Gasteiger partial charge on any atom is 0.279 e. The number of hydrogen-bond donors (Lipinski definition) is 2. The average molecular weight is 263 g/mol. The van der Waals surface area contributed by atoms with Crippen molar-refractivity contribution in [2.45, 2.75) is 51.5 Å². The molecule has 1 aliphatic carbocycles. The van der Waals surface area contributed by atoms with Crippen molar-refractivity contribution in [3.8, 4) is 0 Å². The Labute approximate surface area is 105 Å². The van der Waals surface area contributed by atoms with Crippen molar-refractivity contribution in [2.75, 3.05) is 19.6 Å². The molecule has 0 saturated heterocycles. The Morgan fingerprint density at radius 3 is 2.24 bits per heavy atom. The Morgan fingerprint density at radius 2 is 1.82 bits per heavy atom. The third-order valence-corrected chi connectivity index (χ3v) is 5.48. The molecular formula is C11H25N3O2S. The van der Waals surface area contributed by atoms with E-state index in [0.717, 1.165) is 25.7 Å². The first-order valence-electron chi connectivity index (χ1n) is 6.50. The molecule has 1 saturated carbocycles. The van der Waals surface area contributed by atoms with Gasteiger partial charge in [0.25, 0.3) is 10.2 Å². The summed E-state index contributed by atoms with van der Waals surface area (Å²) in [7, 11) is -3.39. The molecule has 5 nitrogen and oxygen atoms in total. The Hall–Kier alpha value is -0.170. The number of likely N-dealkylation sites (N-methyl/N-ethyl adjacent to an activating group) is 1. The fraction of sp³-hybridized carbons (Fsp3) is 1.00. The van der Waals surface area contributed by atoms with Gasteiger partial charge in [0.1, 0.15) is 0 Å². The summed E-state index contributed by atoms with van der Waals surface area (Å²) in [6.45, 7) is 4.97. The molecule has 1 aliphatic rings. The molecule has 17 heavy (non-hydrogen) atoms. The minimum Gasteiger partial charge on any atom is -0.329 e. The van der Waals surface area contributed by atoms with Gasteiger partial charge in [0.2, 0.25) is 0 Å². The predicted molar refractivity (Wildman–Crippen MR) is 69.8 cm³/mol. The molecule has 0 aromatic heterocycles. The van der Waals surface area contributed by atoms with Gasteiger partial charge in [0.05, 0.1) is 0 Å². The van der Waals surface area contributed by atoms with E-state index in [2.05, 4.69) is 4.72 Å². The Kier molecular flexibility index (Phi) is 5.37. The van der Waals surface area contributed by atoms with Gasteiger partial charge < -0.3 is 5.73 Å². The molecule has 0 spiro atoms. The summed E-state index contributed by atoms with van der Waals surface area (Å²) >= 11 is 0. The first-order valence-corrected chi connectivity index (χ1v) is 7.94. The van der Waals surface area contributed by atoms with Crippen LogP contribution in [0.15, 0.2) is 0 Å². The maximum atomic E-state index is 12.2. The van der Waals surface area contributed by atoms with Gasteiger partial charge in [-0.15, -0.1) is 0 Å². The van der Waals surface area contributed by atoms with E-state index in [1.807, 2.05) is 6.92 Å². The molecular weight excluding hydrogens is 238 g/mol. The summed E-state index contributed by atoms with van der Waals surface area (Å²) in [6, 6.07) is 0. The van der Waals surface area contributed by atoms with Gasteiger partial charge in [-0.05, 0) is 12.8 Å². The lowest BCUT2D eigenvalue weighted by molar-refractivity contribution is 0.139. The minimum atomic E-state index is -3.39. The first-order chi connectivity index (χ1) is 8.02. The largest absolute Gasteiger partial charge is 0.329 e. The zero-order valence-electron chi connectivity index (χ0n) is 10.9. The fourth-order valence-electron chi connectivity index (χ4n) is 2.79. The SMILES string of the molecule is CCNS(=O)(=O)N(CC)C1(CN)CCCCC1. The summed E-state index contributed by atoms with van der Waals surface area (Å²) in [5, 5.41) is 0. The molecule has 1 rings (SSSR count). The Balaban J connectivity index is 2.97. The number of nitrogens with one attached hydrogen (secondary N) is 1. The molecule has 0 atom stereocenters. The first kappa shape index (κ1) is 14.9. The monoisotopic (exact) mass is 263 g/mol. The van der Waals surface area contributed by atoms with Crippen LogP contribution in [0.5, 0.6) is 0 Å². The summed E-state index contributed by atoms with van der Waals surface area (Å²) in [6.07, 6.45) is 5.06. The van der Waals surface area contributed by atoms with Gasteiger partial charge in [-0.1, -0.05) is 33.1 Å². The lowest BCUT2D eigenvalue weighted by Gasteiger charge is -2.44. The summed E-state index contributed by atoms with van der Waals surface area (Å²) in [5.41, 5.74) is 5.51. The molecule has 0 radical (unpaired) electrons. The van der Waals surface area contributed by atoms with Gasteiger partial charge in [0.15, 0.2) is 0 Å². The smallest absolute Gasteiger partial charge is 0.279 e. The molecule has 0 aromatic rings. The van der Waals surface area contributed by atoms with Gasteiger partial charge >= 0.3 is 0 Å². The topological polar surface area (TPSA) is 75.4 Å². The van der Waals surface area contributed by atoms with Crippen molar-refractivity contribution in [3.63, 3.8) is 0 Å². The molecule has 0 aliphatic heterocycles. The van der Waals surface area contributed by atoms with E-state index in [1.54, 1.807) is 11.2 Å². The van der Waals surface area contributed by atoms with E-state index in [9.17, 15) is 8.42 Å². The summed E-state index contributed by atoms with van der Waals surface area (Å²) < 4.78 is 28.5. The minimum absolute atomic E-state index is 0.367. The van der Waals surface area contributed by atoms with Crippen molar-refractivity contribution in [3.05, 3.63) is 0 Å². The van der Waals surface area contributed by atoms with E-state index in [1.165, 1.54) is 6.42 Å². The van der Waals surface area contributed by atoms with Crippen LogP contribution in [0.1, 0.15) is 46.0 Å². The third-order valence-electron chi connectivity index (χ3n) is 3.60. The molecule has 0 bridgehead atoms. The van der Waals surface area contributed by atoms with Crippen molar-refractivity contribution in [1.29, 1.82) is 0 Å². The van der Waals surface area contributed by atoms with Crippen LogP contribution in [-0.4, -0.2) is 37.9 Å². The number of nitrogens with two attached hydrogens (primary N) is 1. The van der Waals surface area contributed by atoms with Crippen LogP contribution in [0.3, 0.4) is 0 Å². The Morgan fingerprint density at radius 1 is 1.24 bits per heavy atom. The number of rotatable bonds is 6. The van der Waals surface area contributed by atoms with Crippen molar-refractivity contribution >= 4 is 10.2 Å². The second kappa shape index (κ2) is 6.13. The van der Waals surface area contributed by atoms with E-state index in [-0.39, 0.29) is 5.54 Å². The van der Waals surface area contributed by atoms with Crippen LogP contribution in [-0.2, 0) is 10.2 Å². The molecule has 3 N–H and O–H groups in total. The third kappa shape index (κ3) is 3.19. The molecule has 0 heterocycles.